The van der Waals surface area contributed by atoms with E-state index in [1.807, 2.05) is 6.92 Å². The molecule has 0 saturated heterocycles. The zero-order valence-corrected chi connectivity index (χ0v) is 18.8. The lowest BCUT2D eigenvalue weighted by molar-refractivity contribution is 0.0970. The van der Waals surface area contributed by atoms with Crippen molar-refractivity contribution in [2.75, 3.05) is 6.61 Å². The molecule has 1 unspecified atom stereocenters. The maximum atomic E-state index is 13.2. The first-order valence-corrected chi connectivity index (χ1v) is 11.3. The lowest BCUT2D eigenvalue weighted by Crippen LogP contribution is -2.27. The lowest BCUT2D eigenvalue weighted by Gasteiger charge is -2.33. The Labute approximate surface area is 180 Å². The molecule has 0 aliphatic heterocycles. The summed E-state index contributed by atoms with van der Waals surface area (Å²) in [6.07, 6.45) is 4.51. The monoisotopic (exact) mass is 424 g/mol. The minimum atomic E-state index is -0.113. The summed E-state index contributed by atoms with van der Waals surface area (Å²) >= 11 is 1.64. The van der Waals surface area contributed by atoms with Crippen molar-refractivity contribution in [1.82, 2.24) is 9.55 Å². The van der Waals surface area contributed by atoms with E-state index in [9.17, 15) is 9.59 Å². The van der Waals surface area contributed by atoms with Gasteiger partial charge in [0, 0.05) is 10.4 Å². The molecule has 30 heavy (non-hydrogen) atoms. The molecule has 5 nitrogen and oxygen atoms in total. The van der Waals surface area contributed by atoms with Crippen molar-refractivity contribution in [3.05, 3.63) is 57.0 Å². The molecule has 1 atom stereocenters. The van der Waals surface area contributed by atoms with Gasteiger partial charge in [-0.1, -0.05) is 20.8 Å². The SMILES string of the molecule is CCOc1ccc(C(=O)Cn2cnc3sc4c(c3c2=O)CCC(C(C)(C)C)C4)cc1. The maximum absolute atomic E-state index is 13.2. The molecular formula is C24H28N2O3S. The summed E-state index contributed by atoms with van der Waals surface area (Å²) in [5.74, 6) is 1.23. The largest absolute Gasteiger partial charge is 0.494 e. The van der Waals surface area contributed by atoms with E-state index in [-0.39, 0.29) is 23.3 Å². The Bertz CT molecular complexity index is 1140. The van der Waals surface area contributed by atoms with E-state index in [4.69, 9.17) is 4.74 Å². The van der Waals surface area contributed by atoms with Gasteiger partial charge in [-0.2, -0.15) is 0 Å². The molecule has 1 aromatic carbocycles. The van der Waals surface area contributed by atoms with Crippen LogP contribution in [0.5, 0.6) is 5.75 Å². The molecule has 0 radical (unpaired) electrons. The number of hydrogen-bond donors (Lipinski definition) is 0. The zero-order chi connectivity index (χ0) is 21.5. The quantitative estimate of drug-likeness (QED) is 0.547. The summed E-state index contributed by atoms with van der Waals surface area (Å²) in [6, 6.07) is 7.04. The number of nitrogens with zero attached hydrogens (tertiary/aromatic N) is 2. The highest BCUT2D eigenvalue weighted by Gasteiger charge is 2.31. The van der Waals surface area contributed by atoms with Gasteiger partial charge in [-0.15, -0.1) is 11.3 Å². The van der Waals surface area contributed by atoms with Crippen molar-refractivity contribution in [1.29, 1.82) is 0 Å². The van der Waals surface area contributed by atoms with Crippen molar-refractivity contribution in [2.24, 2.45) is 11.3 Å². The summed E-state index contributed by atoms with van der Waals surface area (Å²) in [5, 5.41) is 0.712. The third-order valence-corrected chi connectivity index (χ3v) is 7.22. The van der Waals surface area contributed by atoms with E-state index in [2.05, 4.69) is 25.8 Å². The minimum Gasteiger partial charge on any atom is -0.494 e. The highest BCUT2D eigenvalue weighted by Crippen LogP contribution is 2.41. The molecule has 0 N–H and O–H groups in total. The number of hydrogen-bond acceptors (Lipinski definition) is 5. The Morgan fingerprint density at radius 2 is 2.00 bits per heavy atom. The first-order chi connectivity index (χ1) is 14.3. The first-order valence-electron chi connectivity index (χ1n) is 10.5. The van der Waals surface area contributed by atoms with Gasteiger partial charge in [-0.25, -0.2) is 4.98 Å². The van der Waals surface area contributed by atoms with Crippen LogP contribution in [0.1, 0.15) is 54.9 Å². The predicted molar refractivity (Wildman–Crippen MR) is 121 cm³/mol. The molecule has 2 aromatic heterocycles. The zero-order valence-electron chi connectivity index (χ0n) is 18.0. The van der Waals surface area contributed by atoms with E-state index in [0.717, 1.165) is 35.4 Å². The number of thiophene rings is 1. The van der Waals surface area contributed by atoms with Gasteiger partial charge in [-0.05, 0) is 67.3 Å². The molecular weight excluding hydrogens is 396 g/mol. The van der Waals surface area contributed by atoms with Crippen LogP contribution in [-0.2, 0) is 19.4 Å². The third kappa shape index (κ3) is 3.93. The second-order valence-corrected chi connectivity index (χ2v) is 10.1. The number of Topliss-reactive ketones (excluding diaryl/α,β-unsaturated/α-hetero) is 1. The Morgan fingerprint density at radius 1 is 1.27 bits per heavy atom. The van der Waals surface area contributed by atoms with Gasteiger partial charge < -0.3 is 4.74 Å². The second-order valence-electron chi connectivity index (χ2n) is 9.05. The predicted octanol–water partition coefficient (Wildman–Crippen LogP) is 4.89. The number of ketones is 1. The Hall–Kier alpha value is -2.47. The van der Waals surface area contributed by atoms with Crippen molar-refractivity contribution in [2.45, 2.75) is 53.5 Å². The van der Waals surface area contributed by atoms with Crippen molar-refractivity contribution >= 4 is 27.3 Å². The van der Waals surface area contributed by atoms with Crippen LogP contribution in [0.15, 0.2) is 35.4 Å². The number of rotatable bonds is 5. The van der Waals surface area contributed by atoms with E-state index in [1.54, 1.807) is 35.6 Å². The standard InChI is InChI=1S/C24H28N2O3S/c1-5-29-17-9-6-15(7-10-17)19(27)13-26-14-25-22-21(23(26)28)18-11-8-16(24(2,3)4)12-20(18)30-22/h6-7,9-10,14,16H,5,8,11-13H2,1-4H3. The summed E-state index contributed by atoms with van der Waals surface area (Å²) < 4.78 is 6.87. The summed E-state index contributed by atoms with van der Waals surface area (Å²) in [4.78, 5) is 32.5. The summed E-state index contributed by atoms with van der Waals surface area (Å²) in [6.45, 7) is 9.34. The fourth-order valence-electron chi connectivity index (χ4n) is 4.20. The van der Waals surface area contributed by atoms with Gasteiger partial charge in [0.15, 0.2) is 5.78 Å². The van der Waals surface area contributed by atoms with Crippen LogP contribution in [0.4, 0.5) is 0 Å². The minimum absolute atomic E-state index is 0.00894. The molecule has 0 fully saturated rings. The molecule has 1 aliphatic rings. The number of carbonyl (C=O) groups is 1. The van der Waals surface area contributed by atoms with E-state index < -0.39 is 0 Å². The first kappa shape index (κ1) is 20.8. The van der Waals surface area contributed by atoms with E-state index in [1.165, 1.54) is 15.8 Å². The van der Waals surface area contributed by atoms with Gasteiger partial charge in [-0.3, -0.25) is 14.2 Å². The van der Waals surface area contributed by atoms with Gasteiger partial charge in [0.05, 0.1) is 24.9 Å². The average Bonchev–Trinajstić information content (AvgIpc) is 3.08. The number of aromatic nitrogens is 2. The molecule has 158 valence electrons. The molecule has 0 bridgehead atoms. The Kier molecular flexibility index (Phi) is 5.53. The van der Waals surface area contributed by atoms with Gasteiger partial charge in [0.1, 0.15) is 10.6 Å². The summed E-state index contributed by atoms with van der Waals surface area (Å²) in [5.41, 5.74) is 1.86. The normalized spacial score (nSPS) is 16.5. The molecule has 0 amide bonds. The van der Waals surface area contributed by atoms with Crippen LogP contribution < -0.4 is 10.3 Å². The van der Waals surface area contributed by atoms with E-state index >= 15 is 0 Å². The fourth-order valence-corrected chi connectivity index (χ4v) is 5.46. The molecule has 0 spiro atoms. The van der Waals surface area contributed by atoms with Crippen LogP contribution in [0.2, 0.25) is 0 Å². The smallest absolute Gasteiger partial charge is 0.262 e. The average molecular weight is 425 g/mol. The van der Waals surface area contributed by atoms with Crippen molar-refractivity contribution in [3.8, 4) is 5.75 Å². The van der Waals surface area contributed by atoms with Crippen LogP contribution in [0.25, 0.3) is 10.2 Å². The lowest BCUT2D eigenvalue weighted by atomic mass is 9.72. The molecule has 1 aliphatic carbocycles. The molecule has 0 saturated carbocycles. The number of aryl methyl sites for hydroxylation is 1. The van der Waals surface area contributed by atoms with Gasteiger partial charge in [0.2, 0.25) is 0 Å². The van der Waals surface area contributed by atoms with Crippen molar-refractivity contribution in [3.63, 3.8) is 0 Å². The molecule has 2 heterocycles. The molecule has 6 heteroatoms. The Balaban J connectivity index is 1.61. The third-order valence-electron chi connectivity index (χ3n) is 6.06. The van der Waals surface area contributed by atoms with Gasteiger partial charge in [0.25, 0.3) is 5.56 Å². The Morgan fingerprint density at radius 3 is 2.67 bits per heavy atom. The van der Waals surface area contributed by atoms with Crippen LogP contribution in [0.3, 0.4) is 0 Å². The highest BCUT2D eigenvalue weighted by atomic mass is 32.1. The number of benzene rings is 1. The van der Waals surface area contributed by atoms with Crippen LogP contribution >= 0.6 is 11.3 Å². The second kappa shape index (κ2) is 7.99. The highest BCUT2D eigenvalue weighted by molar-refractivity contribution is 7.18. The molecule has 3 aromatic rings. The topological polar surface area (TPSA) is 61.2 Å². The van der Waals surface area contributed by atoms with Gasteiger partial charge >= 0.3 is 0 Å². The number of fused-ring (bicyclic) bond motifs is 3. The van der Waals surface area contributed by atoms with Crippen LogP contribution in [-0.4, -0.2) is 21.9 Å². The molecule has 4 rings (SSSR count). The summed E-state index contributed by atoms with van der Waals surface area (Å²) in [7, 11) is 0. The maximum Gasteiger partial charge on any atom is 0.262 e. The van der Waals surface area contributed by atoms with E-state index in [0.29, 0.717) is 23.5 Å². The fraction of sp³-hybridized carbons (Fsp3) is 0.458. The number of carbonyl (C=O) groups excluding carboxylic acids is 1. The van der Waals surface area contributed by atoms with Crippen LogP contribution in [0, 0.1) is 11.3 Å². The van der Waals surface area contributed by atoms with Crippen molar-refractivity contribution < 1.29 is 9.53 Å². The number of ether oxygens (including phenoxy) is 1.